The van der Waals surface area contributed by atoms with Crippen molar-refractivity contribution in [2.75, 3.05) is 27.7 Å². The van der Waals surface area contributed by atoms with E-state index in [4.69, 9.17) is 4.74 Å². The molecule has 0 aliphatic heterocycles. The van der Waals surface area contributed by atoms with Crippen LogP contribution in [0.1, 0.15) is 58.1 Å². The van der Waals surface area contributed by atoms with Gasteiger partial charge in [-0.1, -0.05) is 32.9 Å². The molecule has 0 radical (unpaired) electrons. The molecule has 0 aromatic heterocycles. The van der Waals surface area contributed by atoms with Crippen molar-refractivity contribution in [1.29, 1.82) is 0 Å². The number of nitrogens with zero attached hydrogens (tertiary/aromatic N) is 1. The SMILES string of the molecule is COc1cccc([C@H](CNC(=O)C2CCC(C(C)(C)C)CC2)N(C)C)c1. The summed E-state index contributed by atoms with van der Waals surface area (Å²) in [5.74, 6) is 1.97. The molecule has 1 aromatic carbocycles. The zero-order chi connectivity index (χ0) is 19.3. The maximum absolute atomic E-state index is 12.7. The first-order valence-corrected chi connectivity index (χ1v) is 9.80. The minimum atomic E-state index is 0.139. The van der Waals surface area contributed by atoms with Crippen molar-refractivity contribution in [3.05, 3.63) is 29.8 Å². The van der Waals surface area contributed by atoms with Gasteiger partial charge in [0.15, 0.2) is 0 Å². The number of nitrogens with one attached hydrogen (secondary N) is 1. The lowest BCUT2D eigenvalue weighted by Gasteiger charge is -2.36. The molecule has 1 N–H and O–H groups in total. The van der Waals surface area contributed by atoms with Gasteiger partial charge in [0.05, 0.1) is 13.2 Å². The van der Waals surface area contributed by atoms with E-state index < -0.39 is 0 Å². The first-order valence-electron chi connectivity index (χ1n) is 9.80. The summed E-state index contributed by atoms with van der Waals surface area (Å²) in [4.78, 5) is 14.8. The number of carbonyl (C=O) groups is 1. The number of amides is 1. The standard InChI is InChI=1S/C22H36N2O2/c1-22(2,3)18-12-10-16(11-13-18)21(25)23-15-20(24(4)5)17-8-7-9-19(14-17)26-6/h7-9,14,16,18,20H,10-13,15H2,1-6H3,(H,23,25)/t16?,18?,20-/m0/s1. The average molecular weight is 361 g/mol. The lowest BCUT2D eigenvalue weighted by atomic mass is 9.69. The van der Waals surface area contributed by atoms with Crippen LogP contribution in [0.4, 0.5) is 0 Å². The van der Waals surface area contributed by atoms with Gasteiger partial charge in [-0.15, -0.1) is 0 Å². The van der Waals surface area contributed by atoms with E-state index in [1.54, 1.807) is 7.11 Å². The van der Waals surface area contributed by atoms with Crippen molar-refractivity contribution in [1.82, 2.24) is 10.2 Å². The van der Waals surface area contributed by atoms with Crippen molar-refractivity contribution < 1.29 is 9.53 Å². The van der Waals surface area contributed by atoms with Crippen LogP contribution < -0.4 is 10.1 Å². The van der Waals surface area contributed by atoms with Crippen molar-refractivity contribution in [2.24, 2.45) is 17.3 Å². The van der Waals surface area contributed by atoms with Gasteiger partial charge in [0.1, 0.15) is 5.75 Å². The number of ether oxygens (including phenoxy) is 1. The molecule has 1 saturated carbocycles. The number of rotatable bonds is 6. The highest BCUT2D eigenvalue weighted by molar-refractivity contribution is 5.78. The molecule has 2 rings (SSSR count). The first kappa shape index (κ1) is 20.8. The molecule has 146 valence electrons. The number of methoxy groups -OCH3 is 1. The number of carbonyl (C=O) groups excluding carboxylic acids is 1. The Morgan fingerprint density at radius 3 is 2.42 bits per heavy atom. The number of hydrogen-bond acceptors (Lipinski definition) is 3. The third-order valence-corrected chi connectivity index (χ3v) is 5.89. The molecular weight excluding hydrogens is 324 g/mol. The fraction of sp³-hybridized carbons (Fsp3) is 0.682. The van der Waals surface area contributed by atoms with Crippen LogP contribution in [0.15, 0.2) is 24.3 Å². The van der Waals surface area contributed by atoms with Gasteiger partial charge >= 0.3 is 0 Å². The van der Waals surface area contributed by atoms with Crippen LogP contribution in [0.3, 0.4) is 0 Å². The zero-order valence-electron chi connectivity index (χ0n) is 17.3. The Balaban J connectivity index is 1.92. The number of likely N-dealkylation sites (N-methyl/N-ethyl adjacent to an activating group) is 1. The summed E-state index contributed by atoms with van der Waals surface area (Å²) < 4.78 is 5.34. The smallest absolute Gasteiger partial charge is 0.223 e. The highest BCUT2D eigenvalue weighted by Gasteiger charge is 2.32. The molecule has 1 amide bonds. The molecule has 1 fully saturated rings. The molecule has 0 unspecified atom stereocenters. The third kappa shape index (κ3) is 5.47. The molecule has 0 heterocycles. The molecule has 26 heavy (non-hydrogen) atoms. The molecule has 1 aliphatic carbocycles. The Morgan fingerprint density at radius 1 is 1.23 bits per heavy atom. The van der Waals surface area contributed by atoms with Crippen LogP contribution in [0, 0.1) is 17.3 Å². The molecule has 1 atom stereocenters. The molecule has 1 aliphatic rings. The maximum Gasteiger partial charge on any atom is 0.223 e. The largest absolute Gasteiger partial charge is 0.497 e. The minimum Gasteiger partial charge on any atom is -0.497 e. The third-order valence-electron chi connectivity index (χ3n) is 5.89. The van der Waals surface area contributed by atoms with E-state index in [-0.39, 0.29) is 17.9 Å². The van der Waals surface area contributed by atoms with Gasteiger partial charge in [0.25, 0.3) is 0 Å². The average Bonchev–Trinajstić information content (AvgIpc) is 2.61. The van der Waals surface area contributed by atoms with Crippen LogP contribution in [0.2, 0.25) is 0 Å². The van der Waals surface area contributed by atoms with Gasteiger partial charge in [-0.2, -0.15) is 0 Å². The Kier molecular flexibility index (Phi) is 7.10. The van der Waals surface area contributed by atoms with Crippen LogP contribution >= 0.6 is 0 Å². The summed E-state index contributed by atoms with van der Waals surface area (Å²) in [6.07, 6.45) is 4.35. The quantitative estimate of drug-likeness (QED) is 0.824. The lowest BCUT2D eigenvalue weighted by Crippen LogP contribution is -2.39. The van der Waals surface area contributed by atoms with Gasteiger partial charge < -0.3 is 15.0 Å². The summed E-state index contributed by atoms with van der Waals surface area (Å²) >= 11 is 0. The summed E-state index contributed by atoms with van der Waals surface area (Å²) in [6.45, 7) is 7.56. The van der Waals surface area contributed by atoms with E-state index in [1.807, 2.05) is 32.3 Å². The highest BCUT2D eigenvalue weighted by atomic mass is 16.5. The fourth-order valence-electron chi connectivity index (χ4n) is 4.01. The predicted octanol–water partition coefficient (Wildman–Crippen LogP) is 4.27. The van der Waals surface area contributed by atoms with E-state index in [9.17, 15) is 4.79 Å². The van der Waals surface area contributed by atoms with Gasteiger partial charge in [-0.3, -0.25) is 4.79 Å². The number of benzene rings is 1. The molecule has 0 spiro atoms. The lowest BCUT2D eigenvalue weighted by molar-refractivity contribution is -0.126. The monoisotopic (exact) mass is 360 g/mol. The second kappa shape index (κ2) is 8.90. The minimum absolute atomic E-state index is 0.139. The molecule has 0 bridgehead atoms. The second-order valence-electron chi connectivity index (χ2n) is 8.92. The van der Waals surface area contributed by atoms with Crippen LogP contribution in [-0.4, -0.2) is 38.6 Å². The van der Waals surface area contributed by atoms with E-state index in [2.05, 4.69) is 37.1 Å². The fourth-order valence-corrected chi connectivity index (χ4v) is 4.01. The summed E-state index contributed by atoms with van der Waals surface area (Å²) in [7, 11) is 5.77. The van der Waals surface area contributed by atoms with Crippen molar-refractivity contribution in [3.8, 4) is 5.75 Å². The molecule has 0 saturated heterocycles. The van der Waals surface area contributed by atoms with Gasteiger partial charge in [-0.25, -0.2) is 0 Å². The van der Waals surface area contributed by atoms with Crippen LogP contribution in [0.25, 0.3) is 0 Å². The van der Waals surface area contributed by atoms with Crippen molar-refractivity contribution >= 4 is 5.91 Å². The van der Waals surface area contributed by atoms with E-state index in [1.165, 1.54) is 0 Å². The maximum atomic E-state index is 12.7. The number of hydrogen-bond donors (Lipinski definition) is 1. The van der Waals surface area contributed by atoms with Gasteiger partial charge in [0, 0.05) is 12.5 Å². The first-order chi connectivity index (χ1) is 12.2. The van der Waals surface area contributed by atoms with Crippen molar-refractivity contribution in [3.63, 3.8) is 0 Å². The van der Waals surface area contributed by atoms with Crippen molar-refractivity contribution in [2.45, 2.75) is 52.5 Å². The second-order valence-corrected chi connectivity index (χ2v) is 8.92. The normalized spacial score (nSPS) is 22.1. The molecule has 4 nitrogen and oxygen atoms in total. The van der Waals surface area contributed by atoms with Crippen LogP contribution in [-0.2, 0) is 4.79 Å². The zero-order valence-corrected chi connectivity index (χ0v) is 17.3. The summed E-state index contributed by atoms with van der Waals surface area (Å²) in [5, 5.41) is 3.20. The van der Waals surface area contributed by atoms with E-state index >= 15 is 0 Å². The summed E-state index contributed by atoms with van der Waals surface area (Å²) in [5.41, 5.74) is 1.51. The molecule has 1 aromatic rings. The topological polar surface area (TPSA) is 41.6 Å². The Bertz CT molecular complexity index is 584. The van der Waals surface area contributed by atoms with Crippen LogP contribution in [0.5, 0.6) is 5.75 Å². The molecule has 4 heteroatoms. The van der Waals surface area contributed by atoms with Gasteiger partial charge in [-0.05, 0) is 68.8 Å². The van der Waals surface area contributed by atoms with E-state index in [0.717, 1.165) is 42.9 Å². The Labute approximate surface area is 159 Å². The summed E-state index contributed by atoms with van der Waals surface area (Å²) in [6, 6.07) is 8.22. The highest BCUT2D eigenvalue weighted by Crippen LogP contribution is 2.39. The Hall–Kier alpha value is -1.55. The Morgan fingerprint density at radius 2 is 1.88 bits per heavy atom. The molecular formula is C22H36N2O2. The van der Waals surface area contributed by atoms with E-state index in [0.29, 0.717) is 12.0 Å². The predicted molar refractivity (Wildman–Crippen MR) is 107 cm³/mol. The van der Waals surface area contributed by atoms with Gasteiger partial charge in [0.2, 0.25) is 5.91 Å².